The number of piperazine rings is 1. The van der Waals surface area contributed by atoms with Crippen molar-refractivity contribution in [3.63, 3.8) is 0 Å². The lowest BCUT2D eigenvalue weighted by Gasteiger charge is -2.32. The third kappa shape index (κ3) is 5.72. The highest BCUT2D eigenvalue weighted by atomic mass is 15.2. The van der Waals surface area contributed by atoms with Crippen molar-refractivity contribution in [3.05, 3.63) is 35.4 Å². The Hall–Kier alpha value is -1.59. The number of nitrogens with one attached hydrogen (secondary N) is 2. The van der Waals surface area contributed by atoms with E-state index in [1.807, 2.05) is 0 Å². The van der Waals surface area contributed by atoms with E-state index in [0.29, 0.717) is 6.04 Å². The van der Waals surface area contributed by atoms with Gasteiger partial charge in [-0.3, -0.25) is 4.90 Å². The van der Waals surface area contributed by atoms with E-state index in [-0.39, 0.29) is 0 Å². The van der Waals surface area contributed by atoms with Crippen molar-refractivity contribution in [1.82, 2.24) is 20.4 Å². The summed E-state index contributed by atoms with van der Waals surface area (Å²) in [5.41, 5.74) is 2.66. The van der Waals surface area contributed by atoms with E-state index in [9.17, 15) is 0 Å². The summed E-state index contributed by atoms with van der Waals surface area (Å²) in [7, 11) is 2.20. The molecule has 2 N–H and O–H groups in total. The smallest absolute Gasteiger partial charge is 0.191 e. The van der Waals surface area contributed by atoms with Gasteiger partial charge in [-0.05, 0) is 37.4 Å². The van der Waals surface area contributed by atoms with Crippen LogP contribution < -0.4 is 10.6 Å². The maximum Gasteiger partial charge on any atom is 0.191 e. The van der Waals surface area contributed by atoms with Gasteiger partial charge >= 0.3 is 0 Å². The maximum atomic E-state index is 4.73. The first-order valence-electron chi connectivity index (χ1n) is 9.67. The summed E-state index contributed by atoms with van der Waals surface area (Å²) in [5, 5.41) is 6.85. The van der Waals surface area contributed by atoms with E-state index in [4.69, 9.17) is 4.99 Å². The Kier molecular flexibility index (Phi) is 6.32. The van der Waals surface area contributed by atoms with Crippen molar-refractivity contribution >= 4 is 5.96 Å². The van der Waals surface area contributed by atoms with Crippen molar-refractivity contribution in [2.45, 2.75) is 39.4 Å². The Balaban J connectivity index is 1.50. The molecule has 138 valence electrons. The number of hydrogen-bond donors (Lipinski definition) is 2. The molecule has 1 heterocycles. The van der Waals surface area contributed by atoms with Crippen LogP contribution in [0.3, 0.4) is 0 Å². The molecule has 2 fully saturated rings. The second-order valence-electron chi connectivity index (χ2n) is 7.55. The zero-order chi connectivity index (χ0) is 17.6. The molecule has 2 unspecified atom stereocenters. The van der Waals surface area contributed by atoms with Gasteiger partial charge in [0.15, 0.2) is 5.96 Å². The minimum Gasteiger partial charge on any atom is -0.357 e. The van der Waals surface area contributed by atoms with Crippen LogP contribution >= 0.6 is 0 Å². The number of aliphatic imine (C=N–C) groups is 1. The lowest BCUT2D eigenvalue weighted by Crippen LogP contribution is -2.43. The second kappa shape index (κ2) is 8.68. The van der Waals surface area contributed by atoms with Gasteiger partial charge in [-0.15, -0.1) is 0 Å². The third-order valence-corrected chi connectivity index (χ3v) is 5.22. The summed E-state index contributed by atoms with van der Waals surface area (Å²) in [6, 6.07) is 9.55. The number of nitrogens with zero attached hydrogens (tertiary/aromatic N) is 3. The highest BCUT2D eigenvalue weighted by Crippen LogP contribution is 2.28. The van der Waals surface area contributed by atoms with Gasteiger partial charge < -0.3 is 15.5 Å². The lowest BCUT2D eigenvalue weighted by molar-refractivity contribution is 0.148. The highest BCUT2D eigenvalue weighted by Gasteiger charge is 2.33. The van der Waals surface area contributed by atoms with Gasteiger partial charge in [0.25, 0.3) is 0 Å². The number of benzene rings is 1. The van der Waals surface area contributed by atoms with E-state index < -0.39 is 0 Å². The van der Waals surface area contributed by atoms with Gasteiger partial charge in [0.05, 0.1) is 6.54 Å². The molecule has 1 saturated carbocycles. The summed E-state index contributed by atoms with van der Waals surface area (Å²) in [6.07, 6.45) is 1.26. The Labute approximate surface area is 152 Å². The fourth-order valence-corrected chi connectivity index (χ4v) is 3.20. The molecule has 5 nitrogen and oxygen atoms in total. The zero-order valence-corrected chi connectivity index (χ0v) is 16.0. The van der Waals surface area contributed by atoms with Crippen molar-refractivity contribution in [1.29, 1.82) is 0 Å². The number of guanidine groups is 1. The first kappa shape index (κ1) is 18.2. The highest BCUT2D eigenvalue weighted by molar-refractivity contribution is 5.80. The predicted octanol–water partition coefficient (Wildman–Crippen LogP) is 1.90. The van der Waals surface area contributed by atoms with Gasteiger partial charge in [-0.25, -0.2) is 4.99 Å². The molecular weight excluding hydrogens is 310 g/mol. The standard InChI is InChI=1S/C20H33N5/c1-4-21-20(23-19-13-16(19)2)22-14-17-5-7-18(8-6-17)15-25-11-9-24(3)10-12-25/h5-8,16,19H,4,9-15H2,1-3H3,(H2,21,22,23). The Morgan fingerprint density at radius 1 is 1.12 bits per heavy atom. The average molecular weight is 344 g/mol. The van der Waals surface area contributed by atoms with Gasteiger partial charge in [-0.1, -0.05) is 31.2 Å². The first-order valence-corrected chi connectivity index (χ1v) is 9.67. The molecule has 1 aliphatic heterocycles. The molecule has 25 heavy (non-hydrogen) atoms. The van der Waals surface area contributed by atoms with Crippen molar-refractivity contribution in [2.75, 3.05) is 39.8 Å². The van der Waals surface area contributed by atoms with Gasteiger partial charge in [0, 0.05) is 45.3 Å². The summed E-state index contributed by atoms with van der Waals surface area (Å²) in [6.45, 7) is 11.8. The number of hydrogen-bond acceptors (Lipinski definition) is 3. The molecule has 0 amide bonds. The van der Waals surface area contributed by atoms with Crippen LogP contribution in [0, 0.1) is 5.92 Å². The SMILES string of the molecule is CCNC(=NCc1ccc(CN2CCN(C)CC2)cc1)NC1CC1C. The summed E-state index contributed by atoms with van der Waals surface area (Å²) in [4.78, 5) is 9.67. The molecule has 2 atom stereocenters. The van der Waals surface area contributed by atoms with Crippen LogP contribution in [0.5, 0.6) is 0 Å². The summed E-state index contributed by atoms with van der Waals surface area (Å²) < 4.78 is 0. The summed E-state index contributed by atoms with van der Waals surface area (Å²) in [5.74, 6) is 1.72. The molecule has 1 aromatic rings. The summed E-state index contributed by atoms with van der Waals surface area (Å²) >= 11 is 0. The van der Waals surface area contributed by atoms with Crippen LogP contribution in [0.25, 0.3) is 0 Å². The Morgan fingerprint density at radius 2 is 1.76 bits per heavy atom. The molecule has 1 saturated heterocycles. The molecule has 1 aromatic carbocycles. The second-order valence-corrected chi connectivity index (χ2v) is 7.55. The molecule has 0 aromatic heterocycles. The molecule has 0 spiro atoms. The molecule has 2 aliphatic rings. The van der Waals surface area contributed by atoms with Crippen LogP contribution in [-0.2, 0) is 13.1 Å². The van der Waals surface area contributed by atoms with Gasteiger partial charge in [0.2, 0.25) is 0 Å². The zero-order valence-electron chi connectivity index (χ0n) is 16.0. The predicted molar refractivity (Wildman–Crippen MR) is 105 cm³/mol. The van der Waals surface area contributed by atoms with E-state index in [1.165, 1.54) is 43.7 Å². The molecule has 0 bridgehead atoms. The lowest BCUT2D eigenvalue weighted by atomic mass is 10.1. The molecule has 3 rings (SSSR count). The van der Waals surface area contributed by atoms with Crippen molar-refractivity contribution < 1.29 is 0 Å². The quantitative estimate of drug-likeness (QED) is 0.612. The number of rotatable bonds is 6. The van der Waals surface area contributed by atoms with E-state index in [0.717, 1.165) is 31.5 Å². The van der Waals surface area contributed by atoms with Crippen molar-refractivity contribution in [2.24, 2.45) is 10.9 Å². The normalized spacial score (nSPS) is 25.0. The van der Waals surface area contributed by atoms with E-state index in [2.05, 4.69) is 65.6 Å². The fourth-order valence-electron chi connectivity index (χ4n) is 3.20. The van der Waals surface area contributed by atoms with Crippen LogP contribution in [0.15, 0.2) is 29.3 Å². The molecule has 5 heteroatoms. The van der Waals surface area contributed by atoms with Gasteiger partial charge in [-0.2, -0.15) is 0 Å². The van der Waals surface area contributed by atoms with Crippen LogP contribution in [0.2, 0.25) is 0 Å². The maximum absolute atomic E-state index is 4.73. The average Bonchev–Trinajstić information content (AvgIpc) is 3.31. The molecule has 1 aliphatic carbocycles. The van der Waals surface area contributed by atoms with Crippen LogP contribution in [-0.4, -0.2) is 61.6 Å². The monoisotopic (exact) mass is 343 g/mol. The Morgan fingerprint density at radius 3 is 2.36 bits per heavy atom. The van der Waals surface area contributed by atoms with E-state index >= 15 is 0 Å². The van der Waals surface area contributed by atoms with Crippen LogP contribution in [0.4, 0.5) is 0 Å². The fraction of sp³-hybridized carbons (Fsp3) is 0.650. The van der Waals surface area contributed by atoms with Crippen LogP contribution in [0.1, 0.15) is 31.4 Å². The first-order chi connectivity index (χ1) is 12.1. The minimum absolute atomic E-state index is 0.601. The Bertz CT molecular complexity index is 560. The van der Waals surface area contributed by atoms with E-state index in [1.54, 1.807) is 0 Å². The van der Waals surface area contributed by atoms with Crippen molar-refractivity contribution in [3.8, 4) is 0 Å². The minimum atomic E-state index is 0.601. The molecule has 0 radical (unpaired) electrons. The largest absolute Gasteiger partial charge is 0.357 e. The molecular formula is C20H33N5. The number of likely N-dealkylation sites (N-methyl/N-ethyl adjacent to an activating group) is 1. The topological polar surface area (TPSA) is 42.9 Å². The van der Waals surface area contributed by atoms with Gasteiger partial charge in [0.1, 0.15) is 0 Å². The third-order valence-electron chi connectivity index (χ3n) is 5.22.